The highest BCUT2D eigenvalue weighted by molar-refractivity contribution is 6.10. The highest BCUT2D eigenvalue weighted by Crippen LogP contribution is 2.26. The van der Waals surface area contributed by atoms with Gasteiger partial charge < -0.3 is 14.5 Å². The van der Waals surface area contributed by atoms with Gasteiger partial charge >= 0.3 is 5.97 Å². The highest BCUT2D eigenvalue weighted by Gasteiger charge is 2.21. The topological polar surface area (TPSA) is 68.4 Å². The van der Waals surface area contributed by atoms with Gasteiger partial charge in [0.15, 0.2) is 6.61 Å². The first-order chi connectivity index (χ1) is 12.6. The third-order valence-electron chi connectivity index (χ3n) is 4.40. The van der Waals surface area contributed by atoms with Gasteiger partial charge in [-0.2, -0.15) is 0 Å². The van der Waals surface area contributed by atoms with Crippen LogP contribution in [-0.4, -0.2) is 30.0 Å². The molecule has 3 aromatic rings. The summed E-state index contributed by atoms with van der Waals surface area (Å²) in [4.78, 5) is 28.1. The van der Waals surface area contributed by atoms with Crippen LogP contribution in [-0.2, 0) is 9.53 Å². The molecule has 0 atom stereocenters. The normalized spacial score (nSPS) is 12.9. The largest absolute Gasteiger partial charge is 0.488 e. The van der Waals surface area contributed by atoms with Crippen molar-refractivity contribution >= 4 is 28.7 Å². The van der Waals surface area contributed by atoms with E-state index in [0.29, 0.717) is 11.1 Å². The molecule has 0 unspecified atom stereocenters. The molecule has 0 fully saturated rings. The molecule has 0 aliphatic carbocycles. The van der Waals surface area contributed by atoms with Crippen LogP contribution < -0.4 is 4.74 Å². The van der Waals surface area contributed by atoms with E-state index < -0.39 is 5.97 Å². The number of nitrogens with one attached hydrogen (secondary N) is 1. The number of aryl methyl sites for hydroxylation is 1. The first kappa shape index (κ1) is 16.1. The van der Waals surface area contributed by atoms with E-state index in [1.54, 1.807) is 6.08 Å². The fourth-order valence-corrected chi connectivity index (χ4v) is 3.17. The monoisotopic (exact) mass is 347 g/mol. The maximum Gasteiger partial charge on any atom is 0.337 e. The molecule has 1 N–H and O–H groups in total. The Hall–Kier alpha value is -3.34. The molecule has 1 aliphatic heterocycles. The number of rotatable bonds is 4. The Morgan fingerprint density at radius 2 is 1.88 bits per heavy atom. The summed E-state index contributed by atoms with van der Waals surface area (Å²) >= 11 is 0. The Morgan fingerprint density at radius 3 is 2.77 bits per heavy atom. The Kier molecular flexibility index (Phi) is 4.05. The summed E-state index contributed by atoms with van der Waals surface area (Å²) in [6.07, 6.45) is 1.74. The minimum absolute atomic E-state index is 0.135. The molecule has 4 rings (SSSR count). The lowest BCUT2D eigenvalue weighted by Gasteiger charge is -2.16. The Balaban J connectivity index is 1.49. The van der Waals surface area contributed by atoms with Gasteiger partial charge in [0.05, 0.1) is 5.57 Å². The molecule has 0 amide bonds. The number of hydrogen-bond donors (Lipinski definition) is 1. The summed E-state index contributed by atoms with van der Waals surface area (Å²) in [7, 11) is 0. The standard InChI is InChI=1S/C21H17NO4/c1-13-20(16-7-3-4-8-17(16)22-13)18(23)12-26-21(24)15-10-14-6-2-5-9-19(14)25-11-15/h2-10,22H,11-12H2,1H3. The maximum atomic E-state index is 12.6. The second-order valence-electron chi connectivity index (χ2n) is 6.17. The lowest BCUT2D eigenvalue weighted by molar-refractivity contribution is -0.138. The minimum Gasteiger partial charge on any atom is -0.488 e. The highest BCUT2D eigenvalue weighted by atomic mass is 16.5. The SMILES string of the molecule is Cc1[nH]c2ccccc2c1C(=O)COC(=O)C1=Cc2ccccc2OC1. The van der Waals surface area contributed by atoms with Crippen LogP contribution in [0.1, 0.15) is 21.6 Å². The molecular formula is C21H17NO4. The number of carbonyl (C=O) groups is 2. The molecule has 26 heavy (non-hydrogen) atoms. The van der Waals surface area contributed by atoms with Crippen molar-refractivity contribution in [2.45, 2.75) is 6.92 Å². The van der Waals surface area contributed by atoms with E-state index in [1.165, 1.54) is 0 Å². The van der Waals surface area contributed by atoms with Crippen LogP contribution in [0.15, 0.2) is 54.1 Å². The Morgan fingerprint density at radius 1 is 1.12 bits per heavy atom. The Bertz CT molecular complexity index is 1050. The van der Waals surface area contributed by atoms with Crippen molar-refractivity contribution in [1.82, 2.24) is 4.98 Å². The molecule has 0 spiro atoms. The van der Waals surface area contributed by atoms with Gasteiger partial charge in [0.1, 0.15) is 12.4 Å². The van der Waals surface area contributed by atoms with Crippen LogP contribution in [0.4, 0.5) is 0 Å². The summed E-state index contributed by atoms with van der Waals surface area (Å²) in [6, 6.07) is 15.0. The smallest absolute Gasteiger partial charge is 0.337 e. The van der Waals surface area contributed by atoms with E-state index in [2.05, 4.69) is 4.98 Å². The third-order valence-corrected chi connectivity index (χ3v) is 4.40. The molecule has 1 aliphatic rings. The van der Waals surface area contributed by atoms with Crippen molar-refractivity contribution in [2.24, 2.45) is 0 Å². The van der Waals surface area contributed by atoms with Crippen molar-refractivity contribution in [3.63, 3.8) is 0 Å². The molecular weight excluding hydrogens is 330 g/mol. The summed E-state index contributed by atoms with van der Waals surface area (Å²) in [5.74, 6) is -0.0362. The van der Waals surface area contributed by atoms with Gasteiger partial charge in [0.2, 0.25) is 5.78 Å². The Labute approximate surface area is 150 Å². The fourth-order valence-electron chi connectivity index (χ4n) is 3.17. The number of aromatic amines is 1. The van der Waals surface area contributed by atoms with Crippen LogP contribution >= 0.6 is 0 Å². The van der Waals surface area contributed by atoms with E-state index in [1.807, 2.05) is 55.5 Å². The second kappa shape index (κ2) is 6.52. The van der Waals surface area contributed by atoms with Crippen LogP contribution in [0, 0.1) is 6.92 Å². The third kappa shape index (κ3) is 2.88. The number of H-pyrrole nitrogens is 1. The molecule has 1 aromatic heterocycles. The maximum absolute atomic E-state index is 12.6. The number of esters is 1. The lowest BCUT2D eigenvalue weighted by atomic mass is 10.1. The number of aromatic nitrogens is 1. The average Bonchev–Trinajstić information content (AvgIpc) is 3.01. The molecule has 0 radical (unpaired) electrons. The lowest BCUT2D eigenvalue weighted by Crippen LogP contribution is -2.20. The van der Waals surface area contributed by atoms with E-state index in [9.17, 15) is 9.59 Å². The zero-order valence-electron chi connectivity index (χ0n) is 14.2. The van der Waals surface area contributed by atoms with E-state index in [-0.39, 0.29) is 19.0 Å². The van der Waals surface area contributed by atoms with Gasteiger partial charge in [-0.15, -0.1) is 0 Å². The molecule has 0 saturated heterocycles. The number of carbonyl (C=O) groups excluding carboxylic acids is 2. The number of ketones is 1. The van der Waals surface area contributed by atoms with Crippen LogP contribution in [0.25, 0.3) is 17.0 Å². The molecule has 5 nitrogen and oxygen atoms in total. The number of ether oxygens (including phenoxy) is 2. The summed E-state index contributed by atoms with van der Waals surface area (Å²) in [5.41, 5.74) is 3.44. The number of hydrogen-bond acceptors (Lipinski definition) is 4. The predicted octanol–water partition coefficient (Wildman–Crippen LogP) is 3.68. The summed E-state index contributed by atoms with van der Waals surface area (Å²) < 4.78 is 10.8. The molecule has 130 valence electrons. The van der Waals surface area contributed by atoms with Gasteiger partial charge in [-0.3, -0.25) is 4.79 Å². The first-order valence-electron chi connectivity index (χ1n) is 8.33. The number of Topliss-reactive ketones (excluding diaryl/α,β-unsaturated/α-hetero) is 1. The van der Waals surface area contributed by atoms with E-state index >= 15 is 0 Å². The zero-order valence-corrected chi connectivity index (χ0v) is 14.2. The van der Waals surface area contributed by atoms with E-state index in [4.69, 9.17) is 9.47 Å². The molecule has 0 bridgehead atoms. The molecule has 0 saturated carbocycles. The van der Waals surface area contributed by atoms with Gasteiger partial charge in [-0.25, -0.2) is 4.79 Å². The van der Waals surface area contributed by atoms with E-state index in [0.717, 1.165) is 27.9 Å². The van der Waals surface area contributed by atoms with Crippen molar-refractivity contribution in [1.29, 1.82) is 0 Å². The number of benzene rings is 2. The van der Waals surface area contributed by atoms with Gasteiger partial charge in [0, 0.05) is 27.7 Å². The quantitative estimate of drug-likeness (QED) is 0.577. The fraction of sp³-hybridized carbons (Fsp3) is 0.143. The van der Waals surface area contributed by atoms with Crippen molar-refractivity contribution in [3.05, 3.63) is 70.9 Å². The second-order valence-corrected chi connectivity index (χ2v) is 6.17. The zero-order chi connectivity index (χ0) is 18.1. The van der Waals surface area contributed by atoms with Crippen molar-refractivity contribution in [3.8, 4) is 5.75 Å². The summed E-state index contributed by atoms with van der Waals surface area (Å²) in [6.45, 7) is 1.67. The molecule has 2 heterocycles. The van der Waals surface area contributed by atoms with Crippen LogP contribution in [0.5, 0.6) is 5.75 Å². The number of fused-ring (bicyclic) bond motifs is 2. The molecule has 5 heteroatoms. The summed E-state index contributed by atoms with van der Waals surface area (Å²) in [5, 5.41) is 0.834. The van der Waals surface area contributed by atoms with Crippen LogP contribution in [0.3, 0.4) is 0 Å². The molecule has 2 aromatic carbocycles. The average molecular weight is 347 g/mol. The first-order valence-corrected chi connectivity index (χ1v) is 8.33. The van der Waals surface area contributed by atoms with Gasteiger partial charge in [-0.05, 0) is 25.1 Å². The number of para-hydroxylation sites is 2. The minimum atomic E-state index is -0.537. The van der Waals surface area contributed by atoms with Crippen molar-refractivity contribution < 1.29 is 19.1 Å². The van der Waals surface area contributed by atoms with Crippen LogP contribution in [0.2, 0.25) is 0 Å². The van der Waals surface area contributed by atoms with Crippen molar-refractivity contribution in [2.75, 3.05) is 13.2 Å². The van der Waals surface area contributed by atoms with Gasteiger partial charge in [-0.1, -0.05) is 36.4 Å². The van der Waals surface area contributed by atoms with Gasteiger partial charge in [0.25, 0.3) is 0 Å². The predicted molar refractivity (Wildman–Crippen MR) is 98.2 cm³/mol.